The van der Waals surface area contributed by atoms with Crippen LogP contribution < -0.4 is 5.32 Å². The van der Waals surface area contributed by atoms with Crippen molar-refractivity contribution in [3.63, 3.8) is 0 Å². The van der Waals surface area contributed by atoms with E-state index >= 15 is 0 Å². The molecule has 0 spiro atoms. The van der Waals surface area contributed by atoms with Gasteiger partial charge in [-0.1, -0.05) is 43.4 Å². The highest BCUT2D eigenvalue weighted by Gasteiger charge is 2.18. The molecule has 0 unspecified atom stereocenters. The number of benzene rings is 1. The molecule has 1 aromatic carbocycles. The molecule has 0 saturated heterocycles. The standard InChI is InChI=1S/C24H28ClN3O/c1-16-10-11-22(14-23(16)25)28-17(2)12-19(18(28)3)13-20(15-26)24(29)27-21-8-6-4-5-7-9-21/h10-14,21H,4-9H2,1-3H3,(H,27,29). The van der Waals surface area contributed by atoms with Gasteiger partial charge in [-0.3, -0.25) is 4.79 Å². The maximum atomic E-state index is 12.7. The van der Waals surface area contributed by atoms with E-state index in [9.17, 15) is 10.1 Å². The fourth-order valence-electron chi connectivity index (χ4n) is 4.04. The molecule has 4 nitrogen and oxygen atoms in total. The molecule has 1 aromatic heterocycles. The minimum Gasteiger partial charge on any atom is -0.349 e. The summed E-state index contributed by atoms with van der Waals surface area (Å²) < 4.78 is 2.09. The van der Waals surface area contributed by atoms with Crippen LogP contribution in [0.15, 0.2) is 29.8 Å². The fraction of sp³-hybridized carbons (Fsp3) is 0.417. The van der Waals surface area contributed by atoms with Gasteiger partial charge in [-0.05, 0) is 69.0 Å². The number of rotatable bonds is 4. The molecule has 1 heterocycles. The van der Waals surface area contributed by atoms with Crippen molar-refractivity contribution in [2.45, 2.75) is 65.3 Å². The Morgan fingerprint density at radius 3 is 2.48 bits per heavy atom. The number of nitrogens with one attached hydrogen (secondary N) is 1. The summed E-state index contributed by atoms with van der Waals surface area (Å²) in [6, 6.07) is 10.2. The van der Waals surface area contributed by atoms with Gasteiger partial charge in [-0.25, -0.2) is 0 Å². The summed E-state index contributed by atoms with van der Waals surface area (Å²) in [5.74, 6) is -0.275. The largest absolute Gasteiger partial charge is 0.349 e. The van der Waals surface area contributed by atoms with Gasteiger partial charge in [0.1, 0.15) is 11.6 Å². The van der Waals surface area contributed by atoms with Crippen molar-refractivity contribution >= 4 is 23.6 Å². The number of halogens is 1. The Labute approximate surface area is 178 Å². The molecule has 1 aliphatic carbocycles. The topological polar surface area (TPSA) is 57.8 Å². The highest BCUT2D eigenvalue weighted by Crippen LogP contribution is 2.26. The van der Waals surface area contributed by atoms with Gasteiger partial charge in [0.2, 0.25) is 0 Å². The molecule has 0 aliphatic heterocycles. The first-order valence-electron chi connectivity index (χ1n) is 10.3. The van der Waals surface area contributed by atoms with E-state index in [1.54, 1.807) is 6.08 Å². The number of carbonyl (C=O) groups excluding carboxylic acids is 1. The van der Waals surface area contributed by atoms with E-state index < -0.39 is 0 Å². The maximum absolute atomic E-state index is 12.7. The predicted octanol–water partition coefficient (Wildman–Crippen LogP) is 5.80. The van der Waals surface area contributed by atoms with Crippen molar-refractivity contribution in [3.05, 3.63) is 57.4 Å². The average molecular weight is 410 g/mol. The predicted molar refractivity (Wildman–Crippen MR) is 118 cm³/mol. The van der Waals surface area contributed by atoms with Gasteiger partial charge in [0, 0.05) is 28.1 Å². The van der Waals surface area contributed by atoms with Gasteiger partial charge in [0.05, 0.1) is 0 Å². The molecule has 1 N–H and O–H groups in total. The molecular weight excluding hydrogens is 382 g/mol. The summed E-state index contributed by atoms with van der Waals surface area (Å²) in [6.45, 7) is 5.97. The molecule has 0 atom stereocenters. The number of nitriles is 1. The van der Waals surface area contributed by atoms with Gasteiger partial charge >= 0.3 is 0 Å². The average Bonchev–Trinajstić information content (AvgIpc) is 2.86. The number of amides is 1. The van der Waals surface area contributed by atoms with E-state index in [1.165, 1.54) is 12.8 Å². The van der Waals surface area contributed by atoms with E-state index in [1.807, 2.05) is 45.0 Å². The number of carbonyl (C=O) groups is 1. The van der Waals surface area contributed by atoms with Crippen LogP contribution in [0.1, 0.15) is 61.0 Å². The lowest BCUT2D eigenvalue weighted by Gasteiger charge is -2.15. The van der Waals surface area contributed by atoms with Crippen LogP contribution in [-0.2, 0) is 4.79 Å². The first kappa shape index (κ1) is 21.2. The van der Waals surface area contributed by atoms with Gasteiger partial charge in [-0.2, -0.15) is 5.26 Å². The fourth-order valence-corrected chi connectivity index (χ4v) is 4.22. The summed E-state index contributed by atoms with van der Waals surface area (Å²) in [7, 11) is 0. The summed E-state index contributed by atoms with van der Waals surface area (Å²) in [6.07, 6.45) is 8.40. The van der Waals surface area contributed by atoms with Crippen molar-refractivity contribution in [2.24, 2.45) is 0 Å². The van der Waals surface area contributed by atoms with Crippen LogP contribution in [0.4, 0.5) is 0 Å². The number of aryl methyl sites for hydroxylation is 2. The van der Waals surface area contributed by atoms with E-state index in [4.69, 9.17) is 11.6 Å². The third kappa shape index (κ3) is 4.92. The lowest BCUT2D eigenvalue weighted by molar-refractivity contribution is -0.117. The molecule has 0 bridgehead atoms. The molecule has 1 fully saturated rings. The monoisotopic (exact) mass is 409 g/mol. The van der Waals surface area contributed by atoms with Crippen molar-refractivity contribution < 1.29 is 4.79 Å². The van der Waals surface area contributed by atoms with E-state index in [0.717, 1.165) is 53.9 Å². The van der Waals surface area contributed by atoms with Crippen molar-refractivity contribution in [3.8, 4) is 11.8 Å². The van der Waals surface area contributed by atoms with E-state index in [0.29, 0.717) is 5.02 Å². The van der Waals surface area contributed by atoms with Crippen LogP contribution in [-0.4, -0.2) is 16.5 Å². The second-order valence-corrected chi connectivity index (χ2v) is 8.33. The number of nitrogens with zero attached hydrogens (tertiary/aromatic N) is 2. The number of hydrogen-bond acceptors (Lipinski definition) is 2. The minimum atomic E-state index is -0.275. The third-order valence-electron chi connectivity index (χ3n) is 5.74. The molecule has 3 rings (SSSR count). The normalized spacial score (nSPS) is 15.6. The highest BCUT2D eigenvalue weighted by molar-refractivity contribution is 6.31. The zero-order chi connectivity index (χ0) is 21.0. The van der Waals surface area contributed by atoms with E-state index in [-0.39, 0.29) is 17.5 Å². The molecule has 1 saturated carbocycles. The summed E-state index contributed by atoms with van der Waals surface area (Å²) in [5, 5.41) is 13.4. The van der Waals surface area contributed by atoms with Crippen molar-refractivity contribution in [2.75, 3.05) is 0 Å². The zero-order valence-electron chi connectivity index (χ0n) is 17.4. The number of hydrogen-bond donors (Lipinski definition) is 1. The Hall–Kier alpha value is -2.51. The SMILES string of the molecule is Cc1ccc(-n2c(C)cc(C=C(C#N)C(=O)NC3CCCCCC3)c2C)cc1Cl. The lowest BCUT2D eigenvalue weighted by atomic mass is 10.1. The summed E-state index contributed by atoms with van der Waals surface area (Å²) in [4.78, 5) is 12.7. The molecule has 29 heavy (non-hydrogen) atoms. The molecule has 152 valence electrons. The molecule has 0 radical (unpaired) electrons. The summed E-state index contributed by atoms with van der Waals surface area (Å²) >= 11 is 6.31. The van der Waals surface area contributed by atoms with Crippen LogP contribution in [0.25, 0.3) is 11.8 Å². The lowest BCUT2D eigenvalue weighted by Crippen LogP contribution is -2.35. The maximum Gasteiger partial charge on any atom is 0.262 e. The van der Waals surface area contributed by atoms with Gasteiger partial charge < -0.3 is 9.88 Å². The van der Waals surface area contributed by atoms with Gasteiger partial charge in [0.25, 0.3) is 5.91 Å². The summed E-state index contributed by atoms with van der Waals surface area (Å²) in [5.41, 5.74) is 5.01. The van der Waals surface area contributed by atoms with Crippen LogP contribution in [0.3, 0.4) is 0 Å². The molecular formula is C24H28ClN3O. The third-order valence-corrected chi connectivity index (χ3v) is 6.15. The van der Waals surface area contributed by atoms with E-state index in [2.05, 4.69) is 16.0 Å². The Kier molecular flexibility index (Phi) is 6.82. The van der Waals surface area contributed by atoms with Crippen LogP contribution in [0.5, 0.6) is 0 Å². The zero-order valence-corrected chi connectivity index (χ0v) is 18.1. The molecule has 5 heteroatoms. The second kappa shape index (κ2) is 9.33. The van der Waals surface area contributed by atoms with Crippen molar-refractivity contribution in [1.82, 2.24) is 9.88 Å². The first-order valence-corrected chi connectivity index (χ1v) is 10.7. The van der Waals surface area contributed by atoms with Crippen LogP contribution >= 0.6 is 11.6 Å². The smallest absolute Gasteiger partial charge is 0.262 e. The quantitative estimate of drug-likeness (QED) is 0.394. The number of aromatic nitrogens is 1. The van der Waals surface area contributed by atoms with Crippen LogP contribution in [0, 0.1) is 32.1 Å². The van der Waals surface area contributed by atoms with Crippen LogP contribution in [0.2, 0.25) is 5.02 Å². The highest BCUT2D eigenvalue weighted by atomic mass is 35.5. The Morgan fingerprint density at radius 1 is 1.17 bits per heavy atom. The molecule has 2 aromatic rings. The molecule has 1 amide bonds. The second-order valence-electron chi connectivity index (χ2n) is 7.93. The van der Waals surface area contributed by atoms with Crippen molar-refractivity contribution in [1.29, 1.82) is 5.26 Å². The molecule has 1 aliphatic rings. The Bertz CT molecular complexity index is 973. The van der Waals surface area contributed by atoms with Gasteiger partial charge in [0.15, 0.2) is 0 Å². The Morgan fingerprint density at radius 2 is 1.86 bits per heavy atom. The minimum absolute atomic E-state index is 0.149. The Balaban J connectivity index is 1.87. The first-order chi connectivity index (χ1) is 13.9. The van der Waals surface area contributed by atoms with Gasteiger partial charge in [-0.15, -0.1) is 0 Å².